The molecule has 0 aliphatic heterocycles. The van der Waals surface area contributed by atoms with Crippen molar-refractivity contribution in [2.75, 3.05) is 0 Å². The third-order valence-corrected chi connectivity index (χ3v) is 10.3. The Bertz CT molecular complexity index is 1990. The van der Waals surface area contributed by atoms with Gasteiger partial charge in [-0.2, -0.15) is 8.75 Å². The van der Waals surface area contributed by atoms with E-state index in [2.05, 4.69) is 8.75 Å². The first-order valence-electron chi connectivity index (χ1n) is 12.5. The topological polar surface area (TPSA) is 68.6 Å². The van der Waals surface area contributed by atoms with E-state index in [1.165, 1.54) is 34.8 Å². The molecule has 1 aliphatic carbocycles. The Morgan fingerprint density at radius 3 is 1.67 bits per heavy atom. The van der Waals surface area contributed by atoms with Crippen LogP contribution in [0.3, 0.4) is 0 Å². The molecule has 0 bridgehead atoms. The number of thiophene rings is 2. The molecule has 39 heavy (non-hydrogen) atoms. The Balaban J connectivity index is 1.64. The van der Waals surface area contributed by atoms with E-state index in [9.17, 15) is 4.79 Å². The number of fused-ring (bicyclic) bond motifs is 5. The highest BCUT2D eigenvalue weighted by molar-refractivity contribution is 7.16. The minimum Gasteiger partial charge on any atom is -0.287 e. The van der Waals surface area contributed by atoms with Crippen LogP contribution in [0.2, 0.25) is 0 Å². The van der Waals surface area contributed by atoms with Crippen LogP contribution in [-0.4, -0.2) is 24.5 Å². The highest BCUT2D eigenvalue weighted by atomic mass is 32.1. The average molecular weight is 575 g/mol. The number of halogens is 2. The summed E-state index contributed by atoms with van der Waals surface area (Å²) in [5.74, 6) is -0.785. The van der Waals surface area contributed by atoms with E-state index >= 15 is 8.78 Å². The number of ketones is 1. The Morgan fingerprint density at radius 1 is 0.692 bits per heavy atom. The van der Waals surface area contributed by atoms with E-state index in [4.69, 9.17) is 9.97 Å². The minimum absolute atomic E-state index is 0.00159. The summed E-state index contributed by atoms with van der Waals surface area (Å²) >= 11 is 3.73. The van der Waals surface area contributed by atoms with Gasteiger partial charge in [0, 0.05) is 41.8 Å². The second-order valence-electron chi connectivity index (χ2n) is 10.2. The fraction of sp³-hybridized carbons (Fsp3) is 0.207. The van der Waals surface area contributed by atoms with E-state index in [1.54, 1.807) is 6.07 Å². The zero-order valence-corrected chi connectivity index (χ0v) is 23.7. The monoisotopic (exact) mass is 574 g/mol. The molecule has 0 saturated carbocycles. The first-order chi connectivity index (χ1) is 18.7. The van der Waals surface area contributed by atoms with E-state index < -0.39 is 0 Å². The third-order valence-electron chi connectivity index (χ3n) is 6.94. The number of carbonyl (C=O) groups excluding carboxylic acids is 1. The van der Waals surface area contributed by atoms with Gasteiger partial charge in [0.15, 0.2) is 0 Å². The number of nitrogens with zero attached hydrogens (tertiary/aromatic N) is 4. The fourth-order valence-electron chi connectivity index (χ4n) is 5.15. The normalized spacial score (nSPS) is 12.9. The molecule has 6 aromatic rings. The summed E-state index contributed by atoms with van der Waals surface area (Å²) in [6.45, 7) is 7.79. The standard InChI is InChI=1S/C29H20F2N4OS3/c1-11(2)28-15(30)9-17(37-28)19-22-23(33-26-21(32-22)13-7-5-6-8-14(13)27(26)36)20(25-24(19)34-39-35-25)18-10-16(31)29(38-18)12(3)4/h5-12H,1-4H3. The maximum absolute atomic E-state index is 15.1. The predicted molar refractivity (Wildman–Crippen MR) is 154 cm³/mol. The molecular weight excluding hydrogens is 555 g/mol. The predicted octanol–water partition coefficient (Wildman–Crippen LogP) is 8.83. The van der Waals surface area contributed by atoms with Crippen LogP contribution in [0.15, 0.2) is 36.4 Å². The zero-order chi connectivity index (χ0) is 27.2. The molecule has 10 heteroatoms. The summed E-state index contributed by atoms with van der Waals surface area (Å²) < 4.78 is 39.3. The van der Waals surface area contributed by atoms with Crippen LogP contribution < -0.4 is 0 Å². The Hall–Kier alpha value is -3.47. The summed E-state index contributed by atoms with van der Waals surface area (Å²) in [5.41, 5.74) is 5.22. The average Bonchev–Trinajstić information content (AvgIpc) is 3.68. The smallest absolute Gasteiger partial charge is 0.214 e. The first-order valence-corrected chi connectivity index (χ1v) is 14.8. The van der Waals surface area contributed by atoms with Gasteiger partial charge in [0.2, 0.25) is 5.78 Å². The lowest BCUT2D eigenvalue weighted by molar-refractivity contribution is 0.103. The maximum Gasteiger partial charge on any atom is 0.214 e. The fourth-order valence-corrected chi connectivity index (χ4v) is 7.89. The number of carbonyl (C=O) groups is 1. The Labute approximate surface area is 234 Å². The second kappa shape index (κ2) is 8.77. The molecule has 4 aromatic heterocycles. The van der Waals surface area contributed by atoms with Crippen molar-refractivity contribution in [2.45, 2.75) is 39.5 Å². The highest BCUT2D eigenvalue weighted by Crippen LogP contribution is 2.48. The van der Waals surface area contributed by atoms with Gasteiger partial charge in [-0.05, 0) is 24.0 Å². The maximum atomic E-state index is 15.1. The third kappa shape index (κ3) is 3.54. The van der Waals surface area contributed by atoms with Crippen LogP contribution in [0.4, 0.5) is 8.78 Å². The molecule has 194 valence electrons. The summed E-state index contributed by atoms with van der Waals surface area (Å²) in [7, 11) is 0. The molecule has 0 amide bonds. The quantitative estimate of drug-likeness (QED) is 0.210. The second-order valence-corrected chi connectivity index (χ2v) is 12.9. The lowest BCUT2D eigenvalue weighted by Gasteiger charge is -2.12. The number of hydrogen-bond donors (Lipinski definition) is 0. The van der Waals surface area contributed by atoms with Gasteiger partial charge in [-0.3, -0.25) is 4.79 Å². The van der Waals surface area contributed by atoms with Crippen molar-refractivity contribution in [3.05, 3.63) is 69.0 Å². The SMILES string of the molecule is CC(C)c1sc(-c2c3nsnc3c(-c3cc(F)c(C(C)C)s3)c3nc4c(nc23)C(=O)c2ccccc2-4)cc1F. The zero-order valence-electron chi connectivity index (χ0n) is 21.3. The van der Waals surface area contributed by atoms with Gasteiger partial charge >= 0.3 is 0 Å². The summed E-state index contributed by atoms with van der Waals surface area (Å²) in [5, 5.41) is 0. The van der Waals surface area contributed by atoms with Crippen molar-refractivity contribution in [3.63, 3.8) is 0 Å². The van der Waals surface area contributed by atoms with E-state index in [0.717, 1.165) is 11.7 Å². The molecule has 0 atom stereocenters. The van der Waals surface area contributed by atoms with Gasteiger partial charge in [-0.25, -0.2) is 18.7 Å². The summed E-state index contributed by atoms with van der Waals surface area (Å²) in [6, 6.07) is 10.3. The van der Waals surface area contributed by atoms with Crippen LogP contribution in [0.25, 0.3) is 54.2 Å². The van der Waals surface area contributed by atoms with Gasteiger partial charge in [-0.1, -0.05) is 52.0 Å². The van der Waals surface area contributed by atoms with Crippen LogP contribution in [0.1, 0.15) is 65.3 Å². The first kappa shape index (κ1) is 24.6. The van der Waals surface area contributed by atoms with Crippen LogP contribution in [0, 0.1) is 11.6 Å². The van der Waals surface area contributed by atoms with E-state index in [1.807, 2.05) is 45.9 Å². The molecule has 7 rings (SSSR count). The molecule has 0 spiro atoms. The Kier molecular flexibility index (Phi) is 5.52. The van der Waals surface area contributed by atoms with Gasteiger partial charge in [0.1, 0.15) is 45.1 Å². The molecule has 5 nitrogen and oxygen atoms in total. The van der Waals surface area contributed by atoms with Crippen LogP contribution in [-0.2, 0) is 0 Å². The number of hydrogen-bond acceptors (Lipinski definition) is 8. The van der Waals surface area contributed by atoms with E-state index in [0.29, 0.717) is 69.5 Å². The highest BCUT2D eigenvalue weighted by Gasteiger charge is 2.33. The van der Waals surface area contributed by atoms with Crippen LogP contribution >= 0.6 is 34.4 Å². The number of aromatic nitrogens is 4. The molecule has 1 aliphatic rings. The Morgan fingerprint density at radius 2 is 1.18 bits per heavy atom. The molecule has 4 heterocycles. The molecule has 0 saturated heterocycles. The lowest BCUT2D eigenvalue weighted by atomic mass is 10.0. The van der Waals surface area contributed by atoms with Gasteiger partial charge in [-0.15, -0.1) is 22.7 Å². The molecule has 2 aromatic carbocycles. The summed E-state index contributed by atoms with van der Waals surface area (Å²) in [6.07, 6.45) is 0. The molecule has 0 fully saturated rings. The summed E-state index contributed by atoms with van der Waals surface area (Å²) in [4.78, 5) is 25.9. The largest absolute Gasteiger partial charge is 0.287 e. The molecule has 0 N–H and O–H groups in total. The van der Waals surface area contributed by atoms with Crippen molar-refractivity contribution in [3.8, 4) is 32.1 Å². The lowest BCUT2D eigenvalue weighted by Crippen LogP contribution is -2.02. The molecule has 0 unspecified atom stereocenters. The number of benzene rings is 2. The van der Waals surface area contributed by atoms with Gasteiger partial charge < -0.3 is 0 Å². The number of rotatable bonds is 4. The van der Waals surface area contributed by atoms with Crippen molar-refractivity contribution in [2.24, 2.45) is 0 Å². The van der Waals surface area contributed by atoms with E-state index in [-0.39, 0.29) is 34.9 Å². The van der Waals surface area contributed by atoms with Crippen molar-refractivity contribution in [1.29, 1.82) is 0 Å². The van der Waals surface area contributed by atoms with Crippen molar-refractivity contribution >= 4 is 62.3 Å². The van der Waals surface area contributed by atoms with Gasteiger partial charge in [0.25, 0.3) is 0 Å². The molecule has 0 radical (unpaired) electrons. The van der Waals surface area contributed by atoms with Crippen LogP contribution in [0.5, 0.6) is 0 Å². The molecular formula is C29H20F2N4OS3. The van der Waals surface area contributed by atoms with Crippen molar-refractivity contribution in [1.82, 2.24) is 18.7 Å². The minimum atomic E-state index is -0.293. The van der Waals surface area contributed by atoms with Crippen molar-refractivity contribution < 1.29 is 13.6 Å². The van der Waals surface area contributed by atoms with Gasteiger partial charge in [0.05, 0.1) is 11.7 Å².